The number of para-hydroxylation sites is 5. The Bertz CT molecular complexity index is 6630. The summed E-state index contributed by atoms with van der Waals surface area (Å²) in [6.45, 7) is 30.1. The highest BCUT2D eigenvalue weighted by molar-refractivity contribution is 9.10. The predicted octanol–water partition coefficient (Wildman–Crippen LogP) is 25.7. The van der Waals surface area contributed by atoms with Gasteiger partial charge in [-0.15, -0.1) is 0 Å². The van der Waals surface area contributed by atoms with Gasteiger partial charge >= 0.3 is 19.1 Å². The molecule has 780 valence electrons. The Morgan fingerprint density at radius 2 is 0.781 bits per heavy atom. The van der Waals surface area contributed by atoms with Crippen LogP contribution in [-0.4, -0.2) is 116 Å². The Kier molecular flexibility index (Phi) is 59.2. The van der Waals surface area contributed by atoms with Crippen molar-refractivity contribution in [2.45, 2.75) is 180 Å². The van der Waals surface area contributed by atoms with Gasteiger partial charge in [-0.1, -0.05) is 277 Å². The van der Waals surface area contributed by atoms with Crippen molar-refractivity contribution in [3.63, 3.8) is 0 Å². The van der Waals surface area contributed by atoms with Gasteiger partial charge in [0, 0.05) is 41.0 Å². The maximum atomic E-state index is 13.8. The molecule has 0 saturated heterocycles. The number of anilines is 1. The number of esters is 2. The molecule has 0 aliphatic rings. The largest absolute Gasteiger partial charge is 0.507 e. The lowest BCUT2D eigenvalue weighted by atomic mass is 9.81. The molecule has 0 fully saturated rings. The molecule has 0 saturated carbocycles. The number of nitrogen functional groups attached to an aromatic ring is 1. The normalized spacial score (nSPS) is 10.2. The molecule has 3 heterocycles. The van der Waals surface area contributed by atoms with Gasteiger partial charge in [-0.2, -0.15) is 0 Å². The first-order valence-electron chi connectivity index (χ1n) is 44.9. The van der Waals surface area contributed by atoms with Gasteiger partial charge in [0.1, 0.15) is 33.2 Å². The number of ether oxygens (including phenoxy) is 6. The second kappa shape index (κ2) is 66.0. The minimum atomic E-state index is -1.34. The number of nitrogens with one attached hydrogen (secondary N) is 1. The maximum absolute atomic E-state index is 13.8. The molecule has 3 aromatic heterocycles. The standard InChI is InChI=1S/C26H24N2O2.C21H21BrN2O2.C21H22N2O2.C14H17NO4.C9H13N.C8H7ClO2.C6H7BO2.C6H11NO2.7CH4/c1-17(2)19-13-15-21(16-14-19)28-25(22-11-7-8-12-23(22)29)27-18(3)24(26(28)30)20-9-5-4-6-10-20;1-13(2)15-9-11-16(12-10-15)24-20(23-14(3)19(22)21(24)25)17-7-5-6-8-18(17)26-4;1-14(2)16-9-11-17(12-10-16)23-20(24)13-15(3)22-21(23)18-7-5-6-8-19(18)25-4;1-4-19-13(16)9-10(2)15-14(17)11-7-5-6-8-12(11)18-3;1-7(2)8-3-5-9(10)6-4-8;1-11-7-5-3-2-4-6(7)8(9)10;8-7(9)6-4-2-1-3-5-6;1-3-9-6(8)4-5(2)7;;;;;;;/h4-17,29H,1-3H3;5-13H,1-4H3;5-14H,1-4H3;5-9H,4H2,1-3H3,(H,15,17);3-7H,10H2,1-2H3;2-5H,1H3;1-5,8-9H;4H,3,7H2,1-2H3;7*1H4/b;;;10-9-;;;;5-4-;;;;;;;. The summed E-state index contributed by atoms with van der Waals surface area (Å²) in [5, 5.41) is 29.7. The highest BCUT2D eigenvalue weighted by atomic mass is 79.9. The molecule has 1 amide bonds. The Balaban J connectivity index is 0.00000170. The molecule has 0 unspecified atom stereocenters. The van der Waals surface area contributed by atoms with E-state index >= 15 is 0 Å². The summed E-state index contributed by atoms with van der Waals surface area (Å²) in [5.74, 6) is 4.66. The molecule has 28 heteroatoms. The summed E-state index contributed by atoms with van der Waals surface area (Å²) >= 11 is 8.65. The van der Waals surface area contributed by atoms with E-state index in [9.17, 15) is 38.7 Å². The molecule has 0 bridgehead atoms. The molecule has 11 aromatic carbocycles. The number of aromatic hydroxyl groups is 1. The molecule has 146 heavy (non-hydrogen) atoms. The van der Waals surface area contributed by atoms with Gasteiger partial charge in [-0.05, 0) is 242 Å². The van der Waals surface area contributed by atoms with E-state index in [0.29, 0.717) is 144 Å². The zero-order valence-corrected chi connectivity index (χ0v) is 84.2. The van der Waals surface area contributed by atoms with Crippen molar-refractivity contribution in [1.82, 2.24) is 34.0 Å². The number of hydrogen-bond donors (Lipinski definition) is 6. The van der Waals surface area contributed by atoms with Crippen LogP contribution in [-0.2, 0) is 19.1 Å². The molecule has 0 aliphatic heterocycles. The van der Waals surface area contributed by atoms with E-state index in [2.05, 4.69) is 116 Å². The third-order valence-electron chi connectivity index (χ3n) is 20.8. The van der Waals surface area contributed by atoms with Crippen molar-refractivity contribution in [1.29, 1.82) is 0 Å². The number of hydrogen-bond acceptors (Lipinski definition) is 21. The van der Waals surface area contributed by atoms with Crippen LogP contribution in [0.1, 0.15) is 219 Å². The second-order valence-corrected chi connectivity index (χ2v) is 33.5. The van der Waals surface area contributed by atoms with Gasteiger partial charge in [0.05, 0.1) is 103 Å². The van der Waals surface area contributed by atoms with Gasteiger partial charge < -0.3 is 60.4 Å². The van der Waals surface area contributed by atoms with Crippen molar-refractivity contribution in [2.75, 3.05) is 47.4 Å². The Hall–Kier alpha value is -15.0. The molecule has 0 aliphatic carbocycles. The van der Waals surface area contributed by atoms with Gasteiger partial charge in [0.2, 0.25) is 0 Å². The molecule has 0 atom stereocenters. The zero-order chi connectivity index (χ0) is 102. The number of nitrogens with zero attached hydrogens (tertiary/aromatic N) is 6. The summed E-state index contributed by atoms with van der Waals surface area (Å²) in [6.07, 6.45) is 2.49. The number of nitrogens with two attached hydrogens (primary N) is 2. The van der Waals surface area contributed by atoms with E-state index < -0.39 is 18.3 Å². The zero-order valence-electron chi connectivity index (χ0n) is 81.8. The molecular weight excluding hydrogens is 1930 g/mol. The average Bonchev–Trinajstić information content (AvgIpc) is 0.774. The monoisotopic (exact) mass is 2070 g/mol. The smallest absolute Gasteiger partial charge is 0.488 e. The number of phenols is 1. The Labute approximate surface area is 878 Å². The van der Waals surface area contributed by atoms with E-state index in [1.165, 1.54) is 48.6 Å². The number of rotatable bonds is 23. The summed E-state index contributed by atoms with van der Waals surface area (Å²) < 4.78 is 35.6. The number of carbonyl (C=O) groups excluding carboxylic acids is 4. The first-order valence-corrected chi connectivity index (χ1v) is 46.0. The fourth-order valence-corrected chi connectivity index (χ4v) is 14.0. The first kappa shape index (κ1) is 131. The van der Waals surface area contributed by atoms with Crippen molar-refractivity contribution in [3.8, 4) is 91.1 Å². The van der Waals surface area contributed by atoms with E-state index in [0.717, 1.165) is 33.8 Å². The second-order valence-electron chi connectivity index (χ2n) is 32.4. The molecule has 25 nitrogen and oxygen atoms in total. The summed E-state index contributed by atoms with van der Waals surface area (Å²) in [7, 11) is 4.89. The minimum absolute atomic E-state index is 0. The molecule has 0 spiro atoms. The number of amides is 1. The van der Waals surface area contributed by atoms with E-state index in [1.54, 1.807) is 153 Å². The van der Waals surface area contributed by atoms with Crippen LogP contribution in [0.2, 0.25) is 0 Å². The average molecular weight is 2080 g/mol. The Morgan fingerprint density at radius 1 is 0.438 bits per heavy atom. The topological polar surface area (TPSA) is 353 Å². The van der Waals surface area contributed by atoms with Crippen molar-refractivity contribution in [3.05, 3.63) is 395 Å². The highest BCUT2D eigenvalue weighted by Crippen LogP contribution is 2.35. The molecule has 0 radical (unpaired) electrons. The van der Waals surface area contributed by atoms with E-state index in [-0.39, 0.29) is 86.3 Å². The van der Waals surface area contributed by atoms with Crippen LogP contribution >= 0.6 is 27.5 Å². The van der Waals surface area contributed by atoms with Gasteiger partial charge in [-0.25, -0.2) is 24.5 Å². The van der Waals surface area contributed by atoms with Crippen LogP contribution in [0.5, 0.6) is 28.7 Å². The molecule has 14 aromatic rings. The van der Waals surface area contributed by atoms with Crippen LogP contribution in [0.3, 0.4) is 0 Å². The summed E-state index contributed by atoms with van der Waals surface area (Å²) in [5.41, 5.74) is 26.0. The van der Waals surface area contributed by atoms with Gasteiger partial charge in [-0.3, -0.25) is 37.7 Å². The van der Waals surface area contributed by atoms with Crippen LogP contribution in [0.15, 0.2) is 328 Å². The fraction of sp³-hybridized carbons (Fsp3) is 0.271. The number of halogens is 2. The number of benzene rings is 11. The van der Waals surface area contributed by atoms with Crippen molar-refractivity contribution >= 4 is 68.9 Å². The van der Waals surface area contributed by atoms with E-state index in [1.807, 2.05) is 185 Å². The fourth-order valence-electron chi connectivity index (χ4n) is 13.5. The van der Waals surface area contributed by atoms with Crippen molar-refractivity contribution < 1.29 is 62.8 Å². The van der Waals surface area contributed by atoms with Crippen LogP contribution in [0.4, 0.5) is 5.69 Å². The number of phenolic OH excluding ortho intramolecular Hbond substituents is 1. The van der Waals surface area contributed by atoms with Gasteiger partial charge in [0.15, 0.2) is 17.5 Å². The molecular formula is C118H150BBrClN9O16. The van der Waals surface area contributed by atoms with Crippen LogP contribution in [0, 0.1) is 20.8 Å². The third-order valence-corrected chi connectivity index (χ3v) is 21.9. The van der Waals surface area contributed by atoms with Gasteiger partial charge in [0.25, 0.3) is 27.8 Å². The van der Waals surface area contributed by atoms with Crippen LogP contribution < -0.4 is 57.9 Å². The summed E-state index contributed by atoms with van der Waals surface area (Å²) in [4.78, 5) is 98.0. The van der Waals surface area contributed by atoms with E-state index in [4.69, 9.17) is 61.8 Å². The minimum Gasteiger partial charge on any atom is -0.507 e. The first-order chi connectivity index (χ1) is 66.4. The SMILES string of the molecule is C.C.C.C.C.C.C.CC(C)c1ccc(N)cc1.CCOC(=O)/C=C(/C)N.CCOC(=O)/C=C(/C)NC(=O)c1ccccc1OC.COc1ccccc1-c1nc(C)c(Br)c(=O)n1-c1ccc(C(C)C)cc1.COc1ccccc1-c1nc(C)cc(=O)n1-c1ccc(C(C)C)cc1.COc1ccccc1C(=O)Cl.Cc1nc(-c2ccccc2O)n(-c2ccc(C(C)C)cc2)c(=O)c1-c1ccccc1.OB(O)c1ccccc1. The highest BCUT2D eigenvalue weighted by Gasteiger charge is 2.24. The number of carbonyl (C=O) groups is 4. The molecule has 14 rings (SSSR count). The van der Waals surface area contributed by atoms with Crippen LogP contribution in [0.25, 0.3) is 62.4 Å². The molecule has 8 N–H and O–H groups in total. The number of aryl methyl sites for hydroxylation is 3. The quantitative estimate of drug-likeness (QED) is 0.0114. The lowest BCUT2D eigenvalue weighted by molar-refractivity contribution is -0.138. The summed E-state index contributed by atoms with van der Waals surface area (Å²) in [6, 6.07) is 87.6. The third kappa shape index (κ3) is 38.6. The number of allylic oxidation sites excluding steroid dienone is 2. The lowest BCUT2D eigenvalue weighted by Gasteiger charge is -2.17. The maximum Gasteiger partial charge on any atom is 0.488 e. The van der Waals surface area contributed by atoms with Crippen molar-refractivity contribution in [2.24, 2.45) is 5.73 Å². The predicted molar refractivity (Wildman–Crippen MR) is 607 cm³/mol. The number of aromatic nitrogens is 6. The Morgan fingerprint density at radius 3 is 1.17 bits per heavy atom. The lowest BCUT2D eigenvalue weighted by Crippen LogP contribution is -2.29. The number of methoxy groups -OCH3 is 4.